The lowest BCUT2D eigenvalue weighted by atomic mass is 9.98. The van der Waals surface area contributed by atoms with Crippen LogP contribution in [0.2, 0.25) is 5.15 Å². The Balaban J connectivity index is 1.85. The molecular weight excluding hydrogens is 481 g/mol. The maximum atomic E-state index is 15.0. The van der Waals surface area contributed by atoms with Crippen LogP contribution >= 0.6 is 24.2 Å². The Morgan fingerprint density at radius 3 is 2.57 bits per heavy atom. The molecule has 0 spiro atoms. The summed E-state index contributed by atoms with van der Waals surface area (Å²) < 4.78 is 17.0. The number of amides is 1. The summed E-state index contributed by atoms with van der Waals surface area (Å²) >= 11 is 10.9. The minimum atomic E-state index is -0.268. The van der Waals surface area contributed by atoms with Crippen molar-refractivity contribution in [3.63, 3.8) is 0 Å². The third kappa shape index (κ3) is 7.34. The molecule has 1 N–H and O–H groups in total. The van der Waals surface area contributed by atoms with Crippen molar-refractivity contribution in [3.05, 3.63) is 76.6 Å². The van der Waals surface area contributed by atoms with Gasteiger partial charge in [0, 0.05) is 30.2 Å². The largest absolute Gasteiger partial charge is 0.350 e. The number of carbonyl (C=O) groups is 1. The maximum absolute atomic E-state index is 15.0. The van der Waals surface area contributed by atoms with Crippen molar-refractivity contribution in [1.29, 1.82) is 0 Å². The second kappa shape index (κ2) is 13.1. The minimum Gasteiger partial charge on any atom is -0.350 e. The first-order chi connectivity index (χ1) is 16.8. The first-order valence-corrected chi connectivity index (χ1v) is 13.3. The van der Waals surface area contributed by atoms with Gasteiger partial charge in [-0.3, -0.25) is 4.79 Å². The molecule has 3 rings (SSSR count). The number of hydrogen-bond acceptors (Lipinski definition) is 3. The summed E-state index contributed by atoms with van der Waals surface area (Å²) in [4.78, 5) is 17.4. The highest BCUT2D eigenvalue weighted by Crippen LogP contribution is 2.26. The Morgan fingerprint density at radius 2 is 1.94 bits per heavy atom. The molecule has 0 saturated carbocycles. The lowest BCUT2D eigenvalue weighted by molar-refractivity contribution is -0.124. The summed E-state index contributed by atoms with van der Waals surface area (Å²) in [6.45, 7) is 7.01. The summed E-state index contributed by atoms with van der Waals surface area (Å²) in [5.74, 6) is 1.28. The lowest BCUT2D eigenvalue weighted by Gasteiger charge is -2.18. The fourth-order valence-electron chi connectivity index (χ4n) is 4.23. The number of halogens is 2. The van der Waals surface area contributed by atoms with Crippen molar-refractivity contribution in [3.8, 4) is 11.1 Å². The van der Waals surface area contributed by atoms with Gasteiger partial charge in [0.15, 0.2) is 5.15 Å². The van der Waals surface area contributed by atoms with Crippen LogP contribution in [-0.4, -0.2) is 21.2 Å². The number of rotatable bonds is 12. The van der Waals surface area contributed by atoms with E-state index in [9.17, 15) is 4.79 Å². The molecule has 3 aromatic rings. The molecule has 0 aliphatic heterocycles. The molecule has 0 saturated heterocycles. The predicted octanol–water partition coefficient (Wildman–Crippen LogP) is 6.94. The Labute approximate surface area is 218 Å². The summed E-state index contributed by atoms with van der Waals surface area (Å²) in [6.07, 6.45) is 3.53. The van der Waals surface area contributed by atoms with E-state index in [1.165, 1.54) is 0 Å². The van der Waals surface area contributed by atoms with Crippen molar-refractivity contribution in [1.82, 2.24) is 14.9 Å². The van der Waals surface area contributed by atoms with Crippen LogP contribution < -0.4 is 5.32 Å². The van der Waals surface area contributed by atoms with Crippen LogP contribution in [0, 0.1) is 17.7 Å². The molecule has 7 heteroatoms. The first-order valence-electron chi connectivity index (χ1n) is 12.3. The summed E-state index contributed by atoms with van der Waals surface area (Å²) in [5.41, 5.74) is 2.96. The zero-order valence-corrected chi connectivity index (χ0v) is 22.4. The van der Waals surface area contributed by atoms with E-state index in [-0.39, 0.29) is 24.2 Å². The monoisotopic (exact) mass is 515 g/mol. The SMILES string of the molecule is CCCCc1nc(Cl)c(CNC(=O)C(CS)CC(C)C)n1Cc1ccc(-c2ccccc2)c(F)c1. The fraction of sp³-hybridized carbons (Fsp3) is 0.429. The number of nitrogens with zero attached hydrogens (tertiary/aromatic N) is 2. The molecule has 1 heterocycles. The third-order valence-corrected chi connectivity index (χ3v) is 6.84. The van der Waals surface area contributed by atoms with Crippen LogP contribution in [0.1, 0.15) is 57.1 Å². The highest BCUT2D eigenvalue weighted by atomic mass is 35.5. The van der Waals surface area contributed by atoms with Crippen LogP contribution in [0.3, 0.4) is 0 Å². The second-order valence-corrected chi connectivity index (χ2v) is 10.1. The number of aromatic nitrogens is 2. The van der Waals surface area contributed by atoms with Gasteiger partial charge in [-0.1, -0.05) is 81.3 Å². The zero-order chi connectivity index (χ0) is 25.4. The van der Waals surface area contributed by atoms with E-state index in [2.05, 4.69) is 43.7 Å². The molecule has 0 fully saturated rings. The molecule has 188 valence electrons. The molecule has 1 amide bonds. The zero-order valence-electron chi connectivity index (χ0n) is 20.7. The normalized spacial score (nSPS) is 12.2. The average molecular weight is 516 g/mol. The van der Waals surface area contributed by atoms with Crippen molar-refractivity contribution in [2.45, 2.75) is 59.5 Å². The predicted molar refractivity (Wildman–Crippen MR) is 145 cm³/mol. The Morgan fingerprint density at radius 1 is 1.20 bits per heavy atom. The highest BCUT2D eigenvalue weighted by molar-refractivity contribution is 7.80. The van der Waals surface area contributed by atoms with Gasteiger partial charge >= 0.3 is 0 Å². The molecule has 35 heavy (non-hydrogen) atoms. The van der Waals surface area contributed by atoms with Gasteiger partial charge in [-0.2, -0.15) is 12.6 Å². The van der Waals surface area contributed by atoms with E-state index in [0.29, 0.717) is 28.9 Å². The van der Waals surface area contributed by atoms with E-state index in [4.69, 9.17) is 11.6 Å². The van der Waals surface area contributed by atoms with Crippen LogP contribution in [0.25, 0.3) is 11.1 Å². The van der Waals surface area contributed by atoms with E-state index < -0.39 is 0 Å². The minimum absolute atomic E-state index is 0.0362. The fourth-order valence-corrected chi connectivity index (χ4v) is 4.81. The van der Waals surface area contributed by atoms with Crippen molar-refractivity contribution >= 4 is 30.1 Å². The maximum Gasteiger partial charge on any atom is 0.224 e. The lowest BCUT2D eigenvalue weighted by Crippen LogP contribution is -2.33. The van der Waals surface area contributed by atoms with Gasteiger partial charge in [0.05, 0.1) is 12.2 Å². The van der Waals surface area contributed by atoms with Gasteiger partial charge in [-0.05, 0) is 36.0 Å². The first kappa shape index (κ1) is 27.3. The number of thiol groups is 1. The van der Waals surface area contributed by atoms with Gasteiger partial charge < -0.3 is 9.88 Å². The highest BCUT2D eigenvalue weighted by Gasteiger charge is 2.21. The number of unbranched alkanes of at least 4 members (excludes halogenated alkanes) is 1. The Kier molecular flexibility index (Phi) is 10.2. The van der Waals surface area contributed by atoms with Crippen LogP contribution in [0.5, 0.6) is 0 Å². The second-order valence-electron chi connectivity index (χ2n) is 9.36. The number of imidazole rings is 1. The number of nitrogens with one attached hydrogen (secondary N) is 1. The van der Waals surface area contributed by atoms with E-state index in [1.807, 2.05) is 47.0 Å². The standard InChI is InChI=1S/C28H35ClFN3OS/c1-4-5-11-26-32-27(29)25(16-31-28(34)22(18-35)14-19(2)3)33(26)17-20-12-13-23(24(30)15-20)21-9-7-6-8-10-21/h6-10,12-13,15,19,22,35H,4-5,11,14,16-18H2,1-3H3,(H,31,34). The van der Waals surface area contributed by atoms with Crippen LogP contribution in [-0.2, 0) is 24.3 Å². The summed E-state index contributed by atoms with van der Waals surface area (Å²) in [7, 11) is 0. The molecule has 0 bridgehead atoms. The molecule has 1 atom stereocenters. The number of benzene rings is 2. The van der Waals surface area contributed by atoms with Crippen LogP contribution in [0.15, 0.2) is 48.5 Å². The number of carbonyl (C=O) groups excluding carboxylic acids is 1. The topological polar surface area (TPSA) is 46.9 Å². The van der Waals surface area contributed by atoms with Crippen molar-refractivity contribution in [2.75, 3.05) is 5.75 Å². The quantitative estimate of drug-likeness (QED) is 0.256. The van der Waals surface area contributed by atoms with E-state index >= 15 is 4.39 Å². The van der Waals surface area contributed by atoms with Gasteiger partial charge in [0.2, 0.25) is 5.91 Å². The van der Waals surface area contributed by atoms with Crippen molar-refractivity contribution in [2.24, 2.45) is 11.8 Å². The summed E-state index contributed by atoms with van der Waals surface area (Å²) in [6, 6.07) is 14.8. The van der Waals surface area contributed by atoms with E-state index in [1.54, 1.807) is 6.07 Å². The molecule has 0 aliphatic rings. The number of hydrogen-bond donors (Lipinski definition) is 2. The molecule has 4 nitrogen and oxygen atoms in total. The average Bonchev–Trinajstić information content (AvgIpc) is 3.13. The summed E-state index contributed by atoms with van der Waals surface area (Å²) in [5, 5.41) is 3.41. The van der Waals surface area contributed by atoms with Gasteiger partial charge in [0.1, 0.15) is 11.6 Å². The van der Waals surface area contributed by atoms with Gasteiger partial charge in [0.25, 0.3) is 0 Å². The number of aryl methyl sites for hydroxylation is 1. The molecular formula is C28H35ClFN3OS. The Bertz CT molecular complexity index is 1120. The van der Waals surface area contributed by atoms with Gasteiger partial charge in [-0.15, -0.1) is 0 Å². The van der Waals surface area contributed by atoms with Crippen LogP contribution in [0.4, 0.5) is 4.39 Å². The molecule has 0 radical (unpaired) electrons. The van der Waals surface area contributed by atoms with Gasteiger partial charge in [-0.25, -0.2) is 9.37 Å². The Hall–Kier alpha value is -2.31. The smallest absolute Gasteiger partial charge is 0.224 e. The third-order valence-electron chi connectivity index (χ3n) is 6.09. The van der Waals surface area contributed by atoms with Crippen molar-refractivity contribution < 1.29 is 9.18 Å². The molecule has 0 aliphatic carbocycles. The molecule has 1 unspecified atom stereocenters. The molecule has 2 aromatic carbocycles. The van der Waals surface area contributed by atoms with E-state index in [0.717, 1.165) is 48.3 Å². The molecule has 1 aromatic heterocycles.